The Morgan fingerprint density at radius 2 is 2.05 bits per heavy atom. The van der Waals surface area contributed by atoms with Gasteiger partial charge in [-0.1, -0.05) is 6.92 Å². The van der Waals surface area contributed by atoms with E-state index in [1.807, 2.05) is 13.8 Å². The van der Waals surface area contributed by atoms with Crippen LogP contribution in [0.2, 0.25) is 0 Å². The van der Waals surface area contributed by atoms with Crippen LogP contribution in [0.5, 0.6) is 0 Å². The zero-order valence-corrected chi connectivity index (χ0v) is 12.1. The number of rotatable bonds is 6. The molecule has 0 aliphatic rings. The number of carbonyl (C=O) groups excluding carboxylic acids is 2. The summed E-state index contributed by atoms with van der Waals surface area (Å²) in [6.07, 6.45) is 0.866. The second-order valence-electron chi connectivity index (χ2n) is 4.09. The van der Waals surface area contributed by atoms with Crippen LogP contribution in [0.15, 0.2) is 0 Å². The van der Waals surface area contributed by atoms with Crippen LogP contribution in [0.1, 0.15) is 47.2 Å². The average Bonchev–Trinajstić information content (AvgIpc) is 2.66. The minimum atomic E-state index is -0.657. The minimum absolute atomic E-state index is 0.0850. The molecule has 0 aromatic carbocycles. The fraction of sp³-hybridized carbons (Fsp3) is 0.500. The number of primary amides is 1. The molecule has 7 heteroatoms. The summed E-state index contributed by atoms with van der Waals surface area (Å²) in [4.78, 5) is 23.4. The van der Waals surface area contributed by atoms with E-state index in [0.717, 1.165) is 17.8 Å². The number of amides is 1. The second-order valence-corrected chi connectivity index (χ2v) is 5.11. The van der Waals surface area contributed by atoms with Crippen molar-refractivity contribution in [1.29, 1.82) is 0 Å². The number of hydrogen-bond acceptors (Lipinski definition) is 6. The molecule has 106 valence electrons. The number of nitrogens with one attached hydrogen (secondary N) is 1. The number of carbonyl (C=O) groups is 2. The van der Waals surface area contributed by atoms with Crippen molar-refractivity contribution in [3.05, 3.63) is 10.4 Å². The number of nitrogens with two attached hydrogens (primary N) is 2. The van der Waals surface area contributed by atoms with Crippen LogP contribution in [-0.2, 0) is 4.74 Å². The quantitative estimate of drug-likeness (QED) is 0.691. The first-order valence-corrected chi connectivity index (χ1v) is 6.89. The molecule has 19 heavy (non-hydrogen) atoms. The van der Waals surface area contributed by atoms with Crippen molar-refractivity contribution >= 4 is 33.9 Å². The van der Waals surface area contributed by atoms with E-state index in [1.54, 1.807) is 6.92 Å². The highest BCUT2D eigenvalue weighted by Gasteiger charge is 2.25. The molecule has 0 bridgehead atoms. The largest absolute Gasteiger partial charge is 0.462 e. The second kappa shape index (κ2) is 6.42. The number of thiophene rings is 1. The molecule has 1 aromatic heterocycles. The molecule has 0 spiro atoms. The highest BCUT2D eigenvalue weighted by Crippen LogP contribution is 2.36. The Balaban J connectivity index is 3.19. The fourth-order valence-electron chi connectivity index (χ4n) is 1.46. The molecule has 6 nitrogen and oxygen atoms in total. The van der Waals surface area contributed by atoms with Gasteiger partial charge in [-0.15, -0.1) is 11.3 Å². The van der Waals surface area contributed by atoms with E-state index in [1.165, 1.54) is 0 Å². The smallest absolute Gasteiger partial charge is 0.350 e. The van der Waals surface area contributed by atoms with Crippen LogP contribution in [0.4, 0.5) is 10.7 Å². The summed E-state index contributed by atoms with van der Waals surface area (Å²) in [6, 6.07) is 0.145. The Labute approximate surface area is 116 Å². The maximum atomic E-state index is 11.7. The molecular weight excluding hydrogens is 266 g/mol. The van der Waals surface area contributed by atoms with Crippen molar-refractivity contribution < 1.29 is 14.3 Å². The van der Waals surface area contributed by atoms with Crippen molar-refractivity contribution in [1.82, 2.24) is 0 Å². The number of hydrogen-bond donors (Lipinski definition) is 3. The number of nitrogen functional groups attached to an aromatic ring is 1. The van der Waals surface area contributed by atoms with Gasteiger partial charge in [0, 0.05) is 6.04 Å². The van der Waals surface area contributed by atoms with Gasteiger partial charge < -0.3 is 21.5 Å². The van der Waals surface area contributed by atoms with Gasteiger partial charge in [-0.05, 0) is 20.3 Å². The van der Waals surface area contributed by atoms with Crippen LogP contribution in [0.25, 0.3) is 0 Å². The van der Waals surface area contributed by atoms with Gasteiger partial charge in [0.1, 0.15) is 9.88 Å². The van der Waals surface area contributed by atoms with Gasteiger partial charge in [-0.25, -0.2) is 4.79 Å². The van der Waals surface area contributed by atoms with Crippen LogP contribution in [0.3, 0.4) is 0 Å². The van der Waals surface area contributed by atoms with Crippen LogP contribution in [0, 0.1) is 0 Å². The third-order valence-corrected chi connectivity index (χ3v) is 3.76. The number of esters is 1. The highest BCUT2D eigenvalue weighted by atomic mass is 32.1. The molecule has 0 saturated carbocycles. The Hall–Kier alpha value is -1.76. The molecule has 1 unspecified atom stereocenters. The van der Waals surface area contributed by atoms with Crippen molar-refractivity contribution in [2.24, 2.45) is 5.73 Å². The molecule has 0 radical (unpaired) electrons. The lowest BCUT2D eigenvalue weighted by Gasteiger charge is -2.11. The zero-order valence-electron chi connectivity index (χ0n) is 11.3. The molecule has 1 aromatic rings. The van der Waals surface area contributed by atoms with E-state index in [0.29, 0.717) is 5.00 Å². The van der Waals surface area contributed by atoms with Crippen molar-refractivity contribution in [2.45, 2.75) is 33.2 Å². The summed E-state index contributed by atoms with van der Waals surface area (Å²) in [6.45, 7) is 5.92. The molecular formula is C12H19N3O3S. The lowest BCUT2D eigenvalue weighted by molar-refractivity contribution is 0.0533. The number of ether oxygens (including phenoxy) is 1. The van der Waals surface area contributed by atoms with Gasteiger partial charge in [-0.3, -0.25) is 4.79 Å². The molecule has 5 N–H and O–H groups in total. The summed E-state index contributed by atoms with van der Waals surface area (Å²) in [5.41, 5.74) is 11.4. The molecule has 1 heterocycles. The van der Waals surface area contributed by atoms with Gasteiger partial charge in [0.2, 0.25) is 0 Å². The van der Waals surface area contributed by atoms with Gasteiger partial charge in [0.15, 0.2) is 0 Å². The van der Waals surface area contributed by atoms with Gasteiger partial charge in [0.05, 0.1) is 17.9 Å². The van der Waals surface area contributed by atoms with E-state index < -0.39 is 11.9 Å². The fourth-order valence-corrected chi connectivity index (χ4v) is 2.60. The first-order valence-electron chi connectivity index (χ1n) is 6.08. The summed E-state index contributed by atoms with van der Waals surface area (Å²) < 4.78 is 4.90. The van der Waals surface area contributed by atoms with Crippen LogP contribution in [-0.4, -0.2) is 24.5 Å². The highest BCUT2D eigenvalue weighted by molar-refractivity contribution is 7.19. The predicted molar refractivity (Wildman–Crippen MR) is 76.6 cm³/mol. The zero-order chi connectivity index (χ0) is 14.6. The molecule has 1 amide bonds. The van der Waals surface area contributed by atoms with E-state index >= 15 is 0 Å². The SMILES string of the molecule is CCOC(=O)c1sc(NC(C)CC)c(C(N)=O)c1N. The molecule has 1 rings (SSSR count). The summed E-state index contributed by atoms with van der Waals surface area (Å²) >= 11 is 1.09. The van der Waals surface area contributed by atoms with Gasteiger partial charge in [-0.2, -0.15) is 0 Å². The molecule has 0 saturated heterocycles. The van der Waals surface area contributed by atoms with Gasteiger partial charge >= 0.3 is 5.97 Å². The summed E-state index contributed by atoms with van der Waals surface area (Å²) in [5.74, 6) is -1.19. The first kappa shape index (κ1) is 15.3. The summed E-state index contributed by atoms with van der Waals surface area (Å²) in [5, 5.41) is 3.65. The first-order chi connectivity index (χ1) is 8.92. The average molecular weight is 285 g/mol. The van der Waals surface area contributed by atoms with E-state index in [-0.39, 0.29) is 28.8 Å². The Kier molecular flexibility index (Phi) is 5.17. The topological polar surface area (TPSA) is 107 Å². The third kappa shape index (κ3) is 3.37. The maximum Gasteiger partial charge on any atom is 0.350 e. The summed E-state index contributed by atoms with van der Waals surface area (Å²) in [7, 11) is 0. The monoisotopic (exact) mass is 285 g/mol. The van der Waals surface area contributed by atoms with Crippen molar-refractivity contribution in [2.75, 3.05) is 17.7 Å². The molecule has 0 aliphatic carbocycles. The van der Waals surface area contributed by atoms with E-state index in [9.17, 15) is 9.59 Å². The Morgan fingerprint density at radius 3 is 2.53 bits per heavy atom. The Bertz CT molecular complexity index is 485. The molecule has 0 fully saturated rings. The maximum absolute atomic E-state index is 11.7. The van der Waals surface area contributed by atoms with Crippen molar-refractivity contribution in [3.63, 3.8) is 0 Å². The van der Waals surface area contributed by atoms with Crippen molar-refractivity contribution in [3.8, 4) is 0 Å². The third-order valence-electron chi connectivity index (χ3n) is 2.64. The van der Waals surface area contributed by atoms with E-state index in [2.05, 4.69) is 5.32 Å². The van der Waals surface area contributed by atoms with Gasteiger partial charge in [0.25, 0.3) is 5.91 Å². The van der Waals surface area contributed by atoms with Crippen LogP contribution >= 0.6 is 11.3 Å². The lowest BCUT2D eigenvalue weighted by Crippen LogP contribution is -2.18. The molecule has 0 aliphatic heterocycles. The normalized spacial score (nSPS) is 11.9. The lowest BCUT2D eigenvalue weighted by atomic mass is 10.2. The number of anilines is 2. The standard InChI is InChI=1S/C12H19N3O3S/c1-4-6(3)15-11-7(10(14)16)8(13)9(19-11)12(17)18-5-2/h6,15H,4-5,13H2,1-3H3,(H2,14,16). The van der Waals surface area contributed by atoms with E-state index in [4.69, 9.17) is 16.2 Å². The Morgan fingerprint density at radius 1 is 1.42 bits per heavy atom. The molecule has 1 atom stereocenters. The van der Waals surface area contributed by atoms with Crippen LogP contribution < -0.4 is 16.8 Å². The predicted octanol–water partition coefficient (Wildman–Crippen LogP) is 1.82. The minimum Gasteiger partial charge on any atom is -0.462 e.